The molecule has 2 N–H and O–H groups in total. The molecule has 0 spiro atoms. The Morgan fingerprint density at radius 3 is 1.93 bits per heavy atom. The van der Waals surface area contributed by atoms with E-state index < -0.39 is 16.0 Å². The van der Waals surface area contributed by atoms with Gasteiger partial charge in [-0.1, -0.05) is 36.4 Å². The monoisotopic (exact) mass is 397 g/mol. The number of hydrogen-bond donors (Lipinski definition) is 2. The molecular weight excluding hydrogens is 378 g/mol. The van der Waals surface area contributed by atoms with Gasteiger partial charge in [-0.3, -0.25) is 4.72 Å². The van der Waals surface area contributed by atoms with Gasteiger partial charge in [0.05, 0.1) is 18.4 Å². The number of carbonyl (C=O) groups is 1. The Bertz CT molecular complexity index is 1060. The van der Waals surface area contributed by atoms with Gasteiger partial charge in [-0.2, -0.15) is 0 Å². The maximum Gasteiger partial charge on any atom is 0.335 e. The Kier molecular flexibility index (Phi) is 5.65. The highest BCUT2D eigenvalue weighted by atomic mass is 32.2. The zero-order valence-electron chi connectivity index (χ0n) is 15.1. The minimum absolute atomic E-state index is 0.114. The fourth-order valence-electron chi connectivity index (χ4n) is 2.69. The second-order valence-corrected chi connectivity index (χ2v) is 7.89. The summed E-state index contributed by atoms with van der Waals surface area (Å²) in [7, 11) is -2.01. The number of nitrogens with one attached hydrogen (secondary N) is 1. The predicted octanol–water partition coefficient (Wildman–Crippen LogP) is 4.00. The normalized spacial score (nSPS) is 11.0. The van der Waals surface area contributed by atoms with Crippen LogP contribution in [0.5, 0.6) is 5.75 Å². The van der Waals surface area contributed by atoms with Gasteiger partial charge in [-0.15, -0.1) is 0 Å². The number of aromatic carboxylic acids is 1. The van der Waals surface area contributed by atoms with E-state index in [2.05, 4.69) is 4.72 Å². The fraction of sp³-hybridized carbons (Fsp3) is 0.0952. The first-order valence-corrected chi connectivity index (χ1v) is 10.1. The van der Waals surface area contributed by atoms with Crippen molar-refractivity contribution in [3.63, 3.8) is 0 Å². The van der Waals surface area contributed by atoms with Crippen molar-refractivity contribution in [2.24, 2.45) is 0 Å². The van der Waals surface area contributed by atoms with Crippen molar-refractivity contribution in [1.82, 2.24) is 0 Å². The third-order valence-electron chi connectivity index (χ3n) is 4.14. The lowest BCUT2D eigenvalue weighted by atomic mass is 10.1. The summed E-state index contributed by atoms with van der Waals surface area (Å²) < 4.78 is 32.4. The van der Waals surface area contributed by atoms with E-state index in [9.17, 15) is 13.2 Å². The zero-order chi connectivity index (χ0) is 20.1. The van der Waals surface area contributed by atoms with Crippen LogP contribution in [0.1, 0.15) is 15.9 Å². The van der Waals surface area contributed by atoms with Gasteiger partial charge in [0.25, 0.3) is 0 Å². The molecule has 3 aromatic carbocycles. The van der Waals surface area contributed by atoms with Gasteiger partial charge >= 0.3 is 5.97 Å². The molecule has 144 valence electrons. The number of hydrogen-bond acceptors (Lipinski definition) is 4. The van der Waals surface area contributed by atoms with E-state index in [1.165, 1.54) is 24.3 Å². The summed E-state index contributed by atoms with van der Waals surface area (Å²) in [6.07, 6.45) is 0. The van der Waals surface area contributed by atoms with E-state index in [1.807, 2.05) is 36.4 Å². The smallest absolute Gasteiger partial charge is 0.335 e. The van der Waals surface area contributed by atoms with E-state index in [-0.39, 0.29) is 11.3 Å². The van der Waals surface area contributed by atoms with E-state index in [4.69, 9.17) is 9.84 Å². The molecule has 3 aromatic rings. The van der Waals surface area contributed by atoms with Gasteiger partial charge in [0, 0.05) is 5.69 Å². The lowest BCUT2D eigenvalue weighted by Crippen LogP contribution is -2.15. The average Bonchev–Trinajstić information content (AvgIpc) is 2.68. The highest BCUT2D eigenvalue weighted by Crippen LogP contribution is 2.24. The topological polar surface area (TPSA) is 92.7 Å². The van der Waals surface area contributed by atoms with E-state index >= 15 is 0 Å². The molecule has 0 atom stereocenters. The van der Waals surface area contributed by atoms with Crippen molar-refractivity contribution in [2.45, 2.75) is 5.75 Å². The molecule has 3 rings (SSSR count). The summed E-state index contributed by atoms with van der Waals surface area (Å²) >= 11 is 0. The first-order chi connectivity index (χ1) is 13.4. The minimum Gasteiger partial charge on any atom is -0.497 e. The summed E-state index contributed by atoms with van der Waals surface area (Å²) in [6, 6.07) is 20.4. The molecule has 7 heteroatoms. The fourth-order valence-corrected chi connectivity index (χ4v) is 3.89. The Hall–Kier alpha value is -3.32. The standard InChI is InChI=1S/C21H19NO5S/c1-27-20-12-8-17(9-13-20)16-6-10-19(11-7-16)22-28(25,26)14-15-2-4-18(5-3-15)21(23)24/h2-13,22H,14H2,1H3,(H,23,24). The van der Waals surface area contributed by atoms with Crippen molar-refractivity contribution in [3.8, 4) is 16.9 Å². The molecule has 0 saturated heterocycles. The number of carboxylic acid groups (broad SMARTS) is 1. The van der Waals surface area contributed by atoms with Crippen LogP contribution in [-0.4, -0.2) is 26.6 Å². The highest BCUT2D eigenvalue weighted by Gasteiger charge is 2.13. The Balaban J connectivity index is 1.68. The number of anilines is 1. The molecule has 0 aromatic heterocycles. The molecule has 6 nitrogen and oxygen atoms in total. The van der Waals surface area contributed by atoms with Crippen LogP contribution >= 0.6 is 0 Å². The largest absolute Gasteiger partial charge is 0.497 e. The molecule has 0 saturated carbocycles. The molecule has 0 radical (unpaired) electrons. The molecule has 0 fully saturated rings. The van der Waals surface area contributed by atoms with E-state index in [1.54, 1.807) is 19.2 Å². The van der Waals surface area contributed by atoms with Crippen LogP contribution in [0.2, 0.25) is 0 Å². The van der Waals surface area contributed by atoms with Gasteiger partial charge in [0.2, 0.25) is 10.0 Å². The SMILES string of the molecule is COc1ccc(-c2ccc(NS(=O)(=O)Cc3ccc(C(=O)O)cc3)cc2)cc1. The van der Waals surface area contributed by atoms with Crippen molar-refractivity contribution in [1.29, 1.82) is 0 Å². The molecule has 0 unspecified atom stereocenters. The first-order valence-electron chi connectivity index (χ1n) is 8.43. The molecule has 0 heterocycles. The second-order valence-electron chi connectivity index (χ2n) is 6.17. The van der Waals surface area contributed by atoms with Crippen LogP contribution in [0.25, 0.3) is 11.1 Å². The van der Waals surface area contributed by atoms with E-state index in [0.717, 1.165) is 16.9 Å². The van der Waals surface area contributed by atoms with Crippen molar-refractivity contribution < 1.29 is 23.1 Å². The van der Waals surface area contributed by atoms with Crippen LogP contribution in [0, 0.1) is 0 Å². The van der Waals surface area contributed by atoms with Gasteiger partial charge in [0.1, 0.15) is 5.75 Å². The van der Waals surface area contributed by atoms with Crippen LogP contribution in [0.15, 0.2) is 72.8 Å². The zero-order valence-corrected chi connectivity index (χ0v) is 15.9. The van der Waals surface area contributed by atoms with Crippen molar-refractivity contribution in [2.75, 3.05) is 11.8 Å². The summed E-state index contributed by atoms with van der Waals surface area (Å²) in [5.74, 6) is -0.526. The number of rotatable bonds is 7. The number of benzene rings is 3. The summed E-state index contributed by atoms with van der Waals surface area (Å²) in [5, 5.41) is 8.90. The van der Waals surface area contributed by atoms with Crippen LogP contribution in [0.4, 0.5) is 5.69 Å². The lowest BCUT2D eigenvalue weighted by molar-refractivity contribution is 0.0697. The van der Waals surface area contributed by atoms with Crippen LogP contribution < -0.4 is 9.46 Å². The average molecular weight is 397 g/mol. The summed E-state index contributed by atoms with van der Waals surface area (Å²) in [6.45, 7) is 0. The van der Waals surface area contributed by atoms with Gasteiger partial charge < -0.3 is 9.84 Å². The molecule has 0 bridgehead atoms. The molecule has 0 aliphatic rings. The van der Waals surface area contributed by atoms with Gasteiger partial charge in [-0.05, 0) is 53.1 Å². The van der Waals surface area contributed by atoms with Crippen LogP contribution in [-0.2, 0) is 15.8 Å². The van der Waals surface area contributed by atoms with Crippen molar-refractivity contribution >= 4 is 21.7 Å². The summed E-state index contributed by atoms with van der Waals surface area (Å²) in [4.78, 5) is 10.9. The third-order valence-corrected chi connectivity index (χ3v) is 5.40. The Labute approximate surface area is 163 Å². The summed E-state index contributed by atoms with van der Waals surface area (Å²) in [5.41, 5.74) is 3.03. The highest BCUT2D eigenvalue weighted by molar-refractivity contribution is 7.91. The Morgan fingerprint density at radius 2 is 1.43 bits per heavy atom. The first kappa shape index (κ1) is 19.4. The second kappa shape index (κ2) is 8.14. The number of sulfonamides is 1. The molecule has 0 amide bonds. The van der Waals surface area contributed by atoms with Gasteiger partial charge in [-0.25, -0.2) is 13.2 Å². The lowest BCUT2D eigenvalue weighted by Gasteiger charge is -2.10. The van der Waals surface area contributed by atoms with Crippen molar-refractivity contribution in [3.05, 3.63) is 83.9 Å². The molecular formula is C21H19NO5S. The van der Waals surface area contributed by atoms with Crippen LogP contribution in [0.3, 0.4) is 0 Å². The molecule has 0 aliphatic carbocycles. The van der Waals surface area contributed by atoms with Gasteiger partial charge in [0.15, 0.2) is 0 Å². The third kappa shape index (κ3) is 4.89. The maximum absolute atomic E-state index is 12.4. The number of ether oxygens (including phenoxy) is 1. The molecule has 28 heavy (non-hydrogen) atoms. The molecule has 0 aliphatic heterocycles. The number of carboxylic acids is 1. The quantitative estimate of drug-likeness (QED) is 0.629. The van der Waals surface area contributed by atoms with E-state index in [0.29, 0.717) is 11.3 Å². The Morgan fingerprint density at radius 1 is 0.893 bits per heavy atom. The predicted molar refractivity (Wildman–Crippen MR) is 108 cm³/mol. The minimum atomic E-state index is -3.62. The number of methoxy groups -OCH3 is 1. The maximum atomic E-state index is 12.4.